The van der Waals surface area contributed by atoms with Gasteiger partial charge in [-0.2, -0.15) is 0 Å². The standard InChI is InChI=1S/C17H21N3O/c1-12-14-6-3-4-7-15(14)21-17(12)13(2)18-9-5-8-16-19-10-11-20-16/h3-4,6-7,10-11,13,18H,5,8-9H2,1-2H3,(H,19,20). The number of imidazole rings is 1. The molecule has 4 nitrogen and oxygen atoms in total. The van der Waals surface area contributed by atoms with Crippen LogP contribution in [0.15, 0.2) is 41.1 Å². The van der Waals surface area contributed by atoms with Crippen LogP contribution in [0.1, 0.15) is 36.5 Å². The molecule has 0 aliphatic carbocycles. The molecule has 21 heavy (non-hydrogen) atoms. The van der Waals surface area contributed by atoms with Gasteiger partial charge in [0.25, 0.3) is 0 Å². The second kappa shape index (κ2) is 6.14. The monoisotopic (exact) mass is 283 g/mol. The molecule has 0 spiro atoms. The number of rotatable bonds is 6. The highest BCUT2D eigenvalue weighted by Crippen LogP contribution is 2.28. The first-order chi connectivity index (χ1) is 10.3. The summed E-state index contributed by atoms with van der Waals surface area (Å²) in [6, 6.07) is 8.41. The van der Waals surface area contributed by atoms with Crippen molar-refractivity contribution in [2.45, 2.75) is 32.7 Å². The molecule has 0 amide bonds. The van der Waals surface area contributed by atoms with Crippen molar-refractivity contribution in [2.24, 2.45) is 0 Å². The highest BCUT2D eigenvalue weighted by Gasteiger charge is 2.15. The number of nitrogens with zero attached hydrogens (tertiary/aromatic N) is 1. The van der Waals surface area contributed by atoms with Crippen molar-refractivity contribution in [2.75, 3.05) is 6.54 Å². The Bertz CT molecular complexity index is 700. The van der Waals surface area contributed by atoms with Gasteiger partial charge in [-0.1, -0.05) is 18.2 Å². The van der Waals surface area contributed by atoms with E-state index in [0.29, 0.717) is 0 Å². The molecular formula is C17H21N3O. The second-order valence-corrected chi connectivity index (χ2v) is 5.40. The Balaban J connectivity index is 1.59. The van der Waals surface area contributed by atoms with Gasteiger partial charge in [-0.05, 0) is 38.4 Å². The average molecular weight is 283 g/mol. The van der Waals surface area contributed by atoms with Crippen molar-refractivity contribution in [3.05, 3.63) is 53.8 Å². The van der Waals surface area contributed by atoms with Gasteiger partial charge in [0.15, 0.2) is 0 Å². The van der Waals surface area contributed by atoms with Crippen LogP contribution in [0.5, 0.6) is 0 Å². The summed E-state index contributed by atoms with van der Waals surface area (Å²) >= 11 is 0. The van der Waals surface area contributed by atoms with E-state index in [2.05, 4.69) is 41.3 Å². The molecule has 3 aromatic rings. The Morgan fingerprint density at radius 1 is 1.33 bits per heavy atom. The van der Waals surface area contributed by atoms with Crippen LogP contribution in [0.3, 0.4) is 0 Å². The van der Waals surface area contributed by atoms with Crippen LogP contribution in [0, 0.1) is 6.92 Å². The van der Waals surface area contributed by atoms with Crippen molar-refractivity contribution in [3.8, 4) is 0 Å². The zero-order valence-electron chi connectivity index (χ0n) is 12.5. The van der Waals surface area contributed by atoms with E-state index in [0.717, 1.165) is 36.6 Å². The van der Waals surface area contributed by atoms with Crippen LogP contribution in [-0.4, -0.2) is 16.5 Å². The quantitative estimate of drug-likeness (QED) is 0.677. The number of nitrogens with one attached hydrogen (secondary N) is 2. The van der Waals surface area contributed by atoms with E-state index >= 15 is 0 Å². The van der Waals surface area contributed by atoms with Gasteiger partial charge in [-0.25, -0.2) is 4.98 Å². The van der Waals surface area contributed by atoms with Gasteiger partial charge >= 0.3 is 0 Å². The molecule has 0 aliphatic heterocycles. The Morgan fingerprint density at radius 2 is 2.19 bits per heavy atom. The number of aromatic nitrogens is 2. The van der Waals surface area contributed by atoms with E-state index in [-0.39, 0.29) is 6.04 Å². The zero-order valence-corrected chi connectivity index (χ0v) is 12.5. The lowest BCUT2D eigenvalue weighted by molar-refractivity contribution is 0.445. The van der Waals surface area contributed by atoms with Crippen LogP contribution in [-0.2, 0) is 6.42 Å². The zero-order chi connectivity index (χ0) is 14.7. The Morgan fingerprint density at radius 3 is 2.95 bits per heavy atom. The fourth-order valence-corrected chi connectivity index (χ4v) is 2.71. The van der Waals surface area contributed by atoms with Gasteiger partial charge in [0.1, 0.15) is 17.2 Å². The molecule has 0 fully saturated rings. The molecule has 0 radical (unpaired) electrons. The third-order valence-electron chi connectivity index (χ3n) is 3.87. The van der Waals surface area contributed by atoms with Crippen molar-refractivity contribution in [3.63, 3.8) is 0 Å². The summed E-state index contributed by atoms with van der Waals surface area (Å²) in [7, 11) is 0. The van der Waals surface area contributed by atoms with Gasteiger partial charge in [-0.15, -0.1) is 0 Å². The number of H-pyrrole nitrogens is 1. The van der Waals surface area contributed by atoms with E-state index < -0.39 is 0 Å². The highest BCUT2D eigenvalue weighted by atomic mass is 16.3. The van der Waals surface area contributed by atoms with Crippen LogP contribution in [0.2, 0.25) is 0 Å². The molecule has 3 rings (SSSR count). The predicted octanol–water partition coefficient (Wildman–Crippen LogP) is 3.75. The van der Waals surface area contributed by atoms with Gasteiger partial charge in [0, 0.05) is 24.2 Å². The maximum Gasteiger partial charge on any atom is 0.134 e. The third-order valence-corrected chi connectivity index (χ3v) is 3.87. The molecule has 0 bridgehead atoms. The number of para-hydroxylation sites is 1. The fourth-order valence-electron chi connectivity index (χ4n) is 2.71. The van der Waals surface area contributed by atoms with Gasteiger partial charge in [0.05, 0.1) is 6.04 Å². The lowest BCUT2D eigenvalue weighted by atomic mass is 10.1. The molecule has 4 heteroatoms. The minimum absolute atomic E-state index is 0.217. The van der Waals surface area contributed by atoms with E-state index in [1.54, 1.807) is 6.20 Å². The number of furan rings is 1. The molecule has 2 aromatic heterocycles. The van der Waals surface area contributed by atoms with Gasteiger partial charge in [-0.3, -0.25) is 0 Å². The smallest absolute Gasteiger partial charge is 0.134 e. The minimum Gasteiger partial charge on any atom is -0.459 e. The first-order valence-corrected chi connectivity index (χ1v) is 7.45. The van der Waals surface area contributed by atoms with Crippen molar-refractivity contribution in [1.82, 2.24) is 15.3 Å². The van der Waals surface area contributed by atoms with Crippen molar-refractivity contribution in [1.29, 1.82) is 0 Å². The van der Waals surface area contributed by atoms with E-state index in [1.807, 2.05) is 18.3 Å². The number of fused-ring (bicyclic) bond motifs is 1. The Kier molecular flexibility index (Phi) is 4.06. The largest absolute Gasteiger partial charge is 0.459 e. The molecule has 0 aliphatic rings. The Hall–Kier alpha value is -2.07. The predicted molar refractivity (Wildman–Crippen MR) is 84.3 cm³/mol. The summed E-state index contributed by atoms with van der Waals surface area (Å²) in [5.74, 6) is 2.08. The van der Waals surface area contributed by atoms with Crippen LogP contribution in [0.4, 0.5) is 0 Å². The first-order valence-electron chi connectivity index (χ1n) is 7.45. The second-order valence-electron chi connectivity index (χ2n) is 5.40. The lowest BCUT2D eigenvalue weighted by Crippen LogP contribution is -2.20. The normalized spacial score (nSPS) is 12.9. The molecular weight excluding hydrogens is 262 g/mol. The number of aryl methyl sites for hydroxylation is 2. The van der Waals surface area contributed by atoms with Gasteiger partial charge in [0.2, 0.25) is 0 Å². The SMILES string of the molecule is Cc1c(C(C)NCCCc2ncc[nH]2)oc2ccccc12. The first kappa shape index (κ1) is 13.9. The molecule has 0 saturated heterocycles. The molecule has 1 atom stereocenters. The molecule has 1 unspecified atom stereocenters. The summed E-state index contributed by atoms with van der Waals surface area (Å²) in [5.41, 5.74) is 2.20. The molecule has 2 N–H and O–H groups in total. The molecule has 2 heterocycles. The number of hydrogen-bond acceptors (Lipinski definition) is 3. The molecule has 0 saturated carbocycles. The topological polar surface area (TPSA) is 53.9 Å². The molecule has 110 valence electrons. The number of hydrogen-bond donors (Lipinski definition) is 2. The maximum absolute atomic E-state index is 5.98. The number of aromatic amines is 1. The maximum atomic E-state index is 5.98. The minimum atomic E-state index is 0.217. The van der Waals surface area contributed by atoms with Crippen molar-refractivity contribution >= 4 is 11.0 Å². The molecule has 1 aromatic carbocycles. The van der Waals surface area contributed by atoms with Crippen LogP contribution < -0.4 is 5.32 Å². The summed E-state index contributed by atoms with van der Waals surface area (Å²) in [6.45, 7) is 5.22. The summed E-state index contributed by atoms with van der Waals surface area (Å²) in [5, 5.41) is 4.73. The Labute approximate surface area is 124 Å². The third kappa shape index (κ3) is 3.00. The van der Waals surface area contributed by atoms with E-state index in [1.165, 1.54) is 10.9 Å². The van der Waals surface area contributed by atoms with Crippen molar-refractivity contribution < 1.29 is 4.42 Å². The lowest BCUT2D eigenvalue weighted by Gasteiger charge is -2.12. The highest BCUT2D eigenvalue weighted by molar-refractivity contribution is 5.82. The number of benzene rings is 1. The van der Waals surface area contributed by atoms with Crippen LogP contribution >= 0.6 is 0 Å². The summed E-state index contributed by atoms with van der Waals surface area (Å²) in [4.78, 5) is 7.36. The summed E-state index contributed by atoms with van der Waals surface area (Å²) in [6.07, 6.45) is 5.68. The van der Waals surface area contributed by atoms with Gasteiger partial charge < -0.3 is 14.7 Å². The van der Waals surface area contributed by atoms with E-state index in [9.17, 15) is 0 Å². The fraction of sp³-hybridized carbons (Fsp3) is 0.353. The average Bonchev–Trinajstić information content (AvgIpc) is 3.12. The van der Waals surface area contributed by atoms with E-state index in [4.69, 9.17) is 4.42 Å². The van der Waals surface area contributed by atoms with Crippen LogP contribution in [0.25, 0.3) is 11.0 Å². The summed E-state index contributed by atoms with van der Waals surface area (Å²) < 4.78 is 5.98.